The van der Waals surface area contributed by atoms with E-state index in [0.29, 0.717) is 39.6 Å². The number of ether oxygens (including phenoxy) is 4. The fourth-order valence-corrected chi connectivity index (χ4v) is 1.26. The molecule has 0 aliphatic carbocycles. The minimum Gasteiger partial charge on any atom is -0.481 e. The van der Waals surface area contributed by atoms with Crippen molar-refractivity contribution in [1.82, 2.24) is 0 Å². The largest absolute Gasteiger partial charge is 0.481 e. The molecule has 0 aliphatic heterocycles. The van der Waals surface area contributed by atoms with Gasteiger partial charge in [0.25, 0.3) is 0 Å². The first kappa shape index (κ1) is 20.3. The molecule has 0 aliphatic rings. The molecule has 0 radical (unpaired) electrons. The Morgan fingerprint density at radius 3 is 1.52 bits per heavy atom. The van der Waals surface area contributed by atoms with Crippen LogP contribution in [0.2, 0.25) is 0 Å². The van der Waals surface area contributed by atoms with Crippen LogP contribution in [0.4, 0.5) is 0 Å². The monoisotopic (exact) mass is 308 g/mol. The van der Waals surface area contributed by atoms with Crippen molar-refractivity contribution in [2.45, 2.75) is 6.42 Å². The van der Waals surface area contributed by atoms with Crippen LogP contribution in [-0.2, 0) is 23.7 Å². The van der Waals surface area contributed by atoms with Crippen molar-refractivity contribution in [3.05, 3.63) is 0 Å². The minimum absolute atomic E-state index is 0.0250. The summed E-state index contributed by atoms with van der Waals surface area (Å²) in [7, 11) is 6.38. The Hall–Kier alpha value is -0.730. The molecule has 0 saturated carbocycles. The molecule has 0 bridgehead atoms. The second kappa shape index (κ2) is 13.0. The predicted molar refractivity (Wildman–Crippen MR) is 78.4 cm³/mol. The smallest absolute Gasteiger partial charge is 0.305 e. The molecule has 0 saturated heterocycles. The van der Waals surface area contributed by atoms with Crippen molar-refractivity contribution in [2.24, 2.45) is 0 Å². The van der Waals surface area contributed by atoms with Crippen molar-refractivity contribution in [1.29, 1.82) is 0 Å². The maximum absolute atomic E-state index is 10.2. The molecular formula is C14H30NO6+. The van der Waals surface area contributed by atoms with Crippen molar-refractivity contribution >= 4 is 5.97 Å². The average molecular weight is 308 g/mol. The summed E-state index contributed by atoms with van der Waals surface area (Å²) >= 11 is 0. The number of likely N-dealkylation sites (N-methyl/N-ethyl adjacent to an activating group) is 1. The van der Waals surface area contributed by atoms with Crippen LogP contribution in [0.15, 0.2) is 0 Å². The normalized spacial score (nSPS) is 11.8. The van der Waals surface area contributed by atoms with Crippen molar-refractivity contribution in [3.63, 3.8) is 0 Å². The summed E-state index contributed by atoms with van der Waals surface area (Å²) in [6, 6.07) is 0. The van der Waals surface area contributed by atoms with Crippen molar-refractivity contribution in [3.8, 4) is 0 Å². The van der Waals surface area contributed by atoms with E-state index >= 15 is 0 Å². The van der Waals surface area contributed by atoms with Crippen LogP contribution >= 0.6 is 0 Å². The van der Waals surface area contributed by atoms with Crippen molar-refractivity contribution in [2.75, 3.05) is 80.5 Å². The number of hydrogen-bond donors (Lipinski definition) is 1. The van der Waals surface area contributed by atoms with Gasteiger partial charge in [-0.2, -0.15) is 0 Å². The van der Waals surface area contributed by atoms with Gasteiger partial charge in [0.05, 0.1) is 80.4 Å². The second-order valence-corrected chi connectivity index (χ2v) is 5.61. The third kappa shape index (κ3) is 19.3. The first-order valence-corrected chi connectivity index (χ1v) is 7.25. The zero-order valence-corrected chi connectivity index (χ0v) is 13.5. The lowest BCUT2D eigenvalue weighted by Crippen LogP contribution is -2.37. The van der Waals surface area contributed by atoms with Gasteiger partial charge in [-0.1, -0.05) is 0 Å². The second-order valence-electron chi connectivity index (χ2n) is 5.61. The number of hydrogen-bond acceptors (Lipinski definition) is 5. The molecule has 0 heterocycles. The Morgan fingerprint density at radius 1 is 0.762 bits per heavy atom. The van der Waals surface area contributed by atoms with Gasteiger partial charge < -0.3 is 28.5 Å². The van der Waals surface area contributed by atoms with Crippen LogP contribution in [0.1, 0.15) is 6.42 Å². The number of carbonyl (C=O) groups is 1. The highest BCUT2D eigenvalue weighted by atomic mass is 16.6. The molecule has 21 heavy (non-hydrogen) atoms. The van der Waals surface area contributed by atoms with Crippen LogP contribution in [0.5, 0.6) is 0 Å². The first-order chi connectivity index (χ1) is 9.92. The Kier molecular flexibility index (Phi) is 12.5. The quantitative estimate of drug-likeness (QED) is 0.345. The molecule has 0 spiro atoms. The van der Waals surface area contributed by atoms with Gasteiger partial charge in [-0.05, 0) is 0 Å². The van der Waals surface area contributed by atoms with E-state index < -0.39 is 5.97 Å². The molecule has 7 nitrogen and oxygen atoms in total. The summed E-state index contributed by atoms with van der Waals surface area (Å²) in [5, 5.41) is 8.39. The van der Waals surface area contributed by atoms with Gasteiger partial charge in [-0.3, -0.25) is 4.79 Å². The Bertz CT molecular complexity index is 254. The molecule has 0 aromatic rings. The Morgan fingerprint density at radius 2 is 1.14 bits per heavy atom. The molecule has 0 aromatic heterocycles. The summed E-state index contributed by atoms with van der Waals surface area (Å²) in [5.41, 5.74) is 0. The van der Waals surface area contributed by atoms with Gasteiger partial charge in [0.15, 0.2) is 0 Å². The van der Waals surface area contributed by atoms with E-state index in [1.54, 1.807) is 0 Å². The number of aliphatic carboxylic acids is 1. The molecule has 7 heteroatoms. The van der Waals surface area contributed by atoms with Gasteiger partial charge in [-0.25, -0.2) is 0 Å². The molecule has 0 atom stereocenters. The fraction of sp³-hybridized carbons (Fsp3) is 0.929. The lowest BCUT2D eigenvalue weighted by atomic mass is 10.5. The third-order valence-corrected chi connectivity index (χ3v) is 2.48. The molecule has 126 valence electrons. The number of quaternary nitrogens is 1. The van der Waals surface area contributed by atoms with Crippen LogP contribution in [-0.4, -0.2) is 96.1 Å². The van der Waals surface area contributed by atoms with Gasteiger partial charge >= 0.3 is 5.97 Å². The lowest BCUT2D eigenvalue weighted by Gasteiger charge is -2.23. The first-order valence-electron chi connectivity index (χ1n) is 7.25. The summed E-state index contributed by atoms with van der Waals surface area (Å²) in [6.45, 7) is 4.97. The van der Waals surface area contributed by atoms with Crippen LogP contribution in [0, 0.1) is 0 Å². The number of carboxylic acids is 1. The van der Waals surface area contributed by atoms with E-state index in [1.165, 1.54) is 0 Å². The maximum Gasteiger partial charge on any atom is 0.305 e. The van der Waals surface area contributed by atoms with E-state index in [9.17, 15) is 4.79 Å². The summed E-state index contributed by atoms with van der Waals surface area (Å²) < 4.78 is 22.0. The maximum atomic E-state index is 10.2. The summed E-state index contributed by atoms with van der Waals surface area (Å²) in [4.78, 5) is 10.2. The molecule has 1 N–H and O–H groups in total. The summed E-state index contributed by atoms with van der Waals surface area (Å²) in [5.74, 6) is -0.854. The van der Waals surface area contributed by atoms with Crippen LogP contribution < -0.4 is 0 Å². The predicted octanol–water partition coefficient (Wildman–Crippen LogP) is 0.234. The number of rotatable bonds is 15. The molecule has 0 rings (SSSR count). The molecule has 0 fully saturated rings. The molecular weight excluding hydrogens is 278 g/mol. The van der Waals surface area contributed by atoms with Crippen molar-refractivity contribution < 1.29 is 33.3 Å². The SMILES string of the molecule is C[N+](C)(C)CCOCCOCCOCCOCCC(=O)O. The van der Waals surface area contributed by atoms with Crippen LogP contribution in [0.3, 0.4) is 0 Å². The zero-order chi connectivity index (χ0) is 16.0. The molecule has 0 unspecified atom stereocenters. The fourth-order valence-electron chi connectivity index (χ4n) is 1.26. The standard InChI is InChI=1S/C14H29NO6/c1-15(2,3)5-7-19-9-11-21-13-12-20-10-8-18-6-4-14(16)17/h4-13H2,1-3H3/p+1. The van der Waals surface area contributed by atoms with Gasteiger partial charge in [0, 0.05) is 0 Å². The molecule has 0 aromatic carbocycles. The lowest BCUT2D eigenvalue weighted by molar-refractivity contribution is -0.870. The highest BCUT2D eigenvalue weighted by Crippen LogP contribution is 1.89. The topological polar surface area (TPSA) is 74.2 Å². The van der Waals surface area contributed by atoms with E-state index in [4.69, 9.17) is 24.1 Å². The number of carboxylic acid groups (broad SMARTS) is 1. The average Bonchev–Trinajstić information content (AvgIpc) is 2.37. The van der Waals surface area contributed by atoms with E-state index in [1.807, 2.05) is 0 Å². The van der Waals surface area contributed by atoms with E-state index in [0.717, 1.165) is 17.6 Å². The third-order valence-electron chi connectivity index (χ3n) is 2.48. The van der Waals surface area contributed by atoms with Gasteiger partial charge in [-0.15, -0.1) is 0 Å². The highest BCUT2D eigenvalue weighted by molar-refractivity contribution is 5.66. The Balaban J connectivity index is 3.04. The van der Waals surface area contributed by atoms with E-state index in [-0.39, 0.29) is 13.0 Å². The highest BCUT2D eigenvalue weighted by Gasteiger charge is 2.05. The molecule has 0 amide bonds. The van der Waals surface area contributed by atoms with Gasteiger partial charge in [0.2, 0.25) is 0 Å². The van der Waals surface area contributed by atoms with Gasteiger partial charge in [0.1, 0.15) is 6.54 Å². The summed E-state index contributed by atoms with van der Waals surface area (Å²) in [6.07, 6.45) is 0.0250. The van der Waals surface area contributed by atoms with Crippen LogP contribution in [0.25, 0.3) is 0 Å². The number of nitrogens with zero attached hydrogens (tertiary/aromatic N) is 1. The van der Waals surface area contributed by atoms with E-state index in [2.05, 4.69) is 21.1 Å². The minimum atomic E-state index is -0.854. The Labute approximate surface area is 127 Å². The zero-order valence-electron chi connectivity index (χ0n) is 13.5.